The maximum Gasteiger partial charge on any atom is 0.123 e. The van der Waals surface area contributed by atoms with E-state index >= 15 is 0 Å². The van der Waals surface area contributed by atoms with Crippen molar-refractivity contribution in [3.05, 3.63) is 54.1 Å². The molecule has 3 heteroatoms. The third kappa shape index (κ3) is 4.99. The van der Waals surface area contributed by atoms with Crippen molar-refractivity contribution in [3.8, 4) is 17.2 Å². The zero-order valence-corrected chi connectivity index (χ0v) is 13.5. The predicted molar refractivity (Wildman–Crippen MR) is 89.1 cm³/mol. The van der Waals surface area contributed by atoms with E-state index < -0.39 is 0 Å². The first kappa shape index (κ1) is 16.2. The van der Waals surface area contributed by atoms with Crippen LogP contribution in [0.4, 0.5) is 0 Å². The lowest BCUT2D eigenvalue weighted by atomic mass is 10.0. The lowest BCUT2D eigenvalue weighted by Gasteiger charge is -2.11. The summed E-state index contributed by atoms with van der Waals surface area (Å²) in [4.78, 5) is 0. The molecule has 118 valence electrons. The van der Waals surface area contributed by atoms with Crippen LogP contribution in [0.5, 0.6) is 17.2 Å². The molecule has 0 unspecified atom stereocenters. The highest BCUT2D eigenvalue weighted by atomic mass is 16.5. The number of hydrogen-bond donors (Lipinski definition) is 0. The molecular weight excluding hydrogens is 276 g/mol. The van der Waals surface area contributed by atoms with Crippen LogP contribution in [0.25, 0.3) is 0 Å². The van der Waals surface area contributed by atoms with Crippen molar-refractivity contribution in [3.63, 3.8) is 0 Å². The smallest absolute Gasteiger partial charge is 0.123 e. The Morgan fingerprint density at radius 1 is 0.773 bits per heavy atom. The molecule has 2 aromatic rings. The van der Waals surface area contributed by atoms with Gasteiger partial charge in [-0.3, -0.25) is 0 Å². The van der Waals surface area contributed by atoms with E-state index in [2.05, 4.69) is 26.0 Å². The first-order chi connectivity index (χ1) is 10.7. The van der Waals surface area contributed by atoms with Crippen LogP contribution in [-0.2, 0) is 0 Å². The number of ether oxygens (including phenoxy) is 3. The van der Waals surface area contributed by atoms with Crippen LogP contribution in [0.1, 0.15) is 32.3 Å². The maximum absolute atomic E-state index is 5.68. The number of hydrogen-bond acceptors (Lipinski definition) is 3. The summed E-state index contributed by atoms with van der Waals surface area (Å²) in [6, 6.07) is 15.9. The summed E-state index contributed by atoms with van der Waals surface area (Å²) in [5, 5.41) is 0. The van der Waals surface area contributed by atoms with Crippen molar-refractivity contribution in [1.82, 2.24) is 0 Å². The highest BCUT2D eigenvalue weighted by Crippen LogP contribution is 2.20. The van der Waals surface area contributed by atoms with E-state index in [4.69, 9.17) is 14.2 Å². The Balaban J connectivity index is 1.76. The molecular formula is C19H24O3. The van der Waals surface area contributed by atoms with E-state index in [0.717, 1.165) is 17.2 Å². The largest absolute Gasteiger partial charge is 0.494 e. The van der Waals surface area contributed by atoms with E-state index in [1.807, 2.05) is 43.3 Å². The van der Waals surface area contributed by atoms with Gasteiger partial charge in [0.15, 0.2) is 0 Å². The molecule has 0 N–H and O–H groups in total. The third-order valence-electron chi connectivity index (χ3n) is 3.28. The van der Waals surface area contributed by atoms with Gasteiger partial charge in [-0.05, 0) is 42.7 Å². The average Bonchev–Trinajstić information content (AvgIpc) is 2.53. The van der Waals surface area contributed by atoms with E-state index in [-0.39, 0.29) is 0 Å². The van der Waals surface area contributed by atoms with Crippen LogP contribution >= 0.6 is 0 Å². The zero-order chi connectivity index (χ0) is 15.8. The van der Waals surface area contributed by atoms with Crippen LogP contribution < -0.4 is 14.2 Å². The minimum Gasteiger partial charge on any atom is -0.494 e. The SMILES string of the molecule is CCOc1cccc(OCCOc2ccc(C(C)C)cc2)c1. The van der Waals surface area contributed by atoms with Crippen molar-refractivity contribution in [2.24, 2.45) is 0 Å². The highest BCUT2D eigenvalue weighted by molar-refractivity contribution is 5.33. The van der Waals surface area contributed by atoms with Gasteiger partial charge in [0, 0.05) is 6.07 Å². The summed E-state index contributed by atoms with van der Waals surface area (Å²) in [6.07, 6.45) is 0. The summed E-state index contributed by atoms with van der Waals surface area (Å²) in [5.41, 5.74) is 1.32. The van der Waals surface area contributed by atoms with Crippen molar-refractivity contribution >= 4 is 0 Å². The molecule has 0 amide bonds. The number of benzene rings is 2. The normalized spacial score (nSPS) is 10.5. The minimum atomic E-state index is 0.501. The fourth-order valence-electron chi connectivity index (χ4n) is 2.09. The summed E-state index contributed by atoms with van der Waals surface area (Å²) >= 11 is 0. The Kier molecular flexibility index (Phi) is 6.13. The highest BCUT2D eigenvalue weighted by Gasteiger charge is 2.00. The second-order valence-corrected chi connectivity index (χ2v) is 5.33. The summed E-state index contributed by atoms with van der Waals surface area (Å²) in [5.74, 6) is 3.03. The molecule has 0 aromatic heterocycles. The first-order valence-corrected chi connectivity index (χ1v) is 7.77. The van der Waals surface area contributed by atoms with Gasteiger partial charge in [-0.25, -0.2) is 0 Å². The lowest BCUT2D eigenvalue weighted by Crippen LogP contribution is -2.09. The van der Waals surface area contributed by atoms with Gasteiger partial charge >= 0.3 is 0 Å². The second kappa shape index (κ2) is 8.32. The fraction of sp³-hybridized carbons (Fsp3) is 0.368. The van der Waals surface area contributed by atoms with Gasteiger partial charge in [0.1, 0.15) is 30.5 Å². The van der Waals surface area contributed by atoms with E-state index in [1.54, 1.807) is 0 Å². The Hall–Kier alpha value is -2.16. The molecule has 0 aliphatic carbocycles. The number of rotatable bonds is 8. The summed E-state index contributed by atoms with van der Waals surface area (Å²) < 4.78 is 16.8. The molecule has 0 bridgehead atoms. The predicted octanol–water partition coefficient (Wildman–Crippen LogP) is 4.67. The Bertz CT molecular complexity index is 561. The molecule has 0 spiro atoms. The van der Waals surface area contributed by atoms with Crippen LogP contribution in [0.2, 0.25) is 0 Å². The molecule has 22 heavy (non-hydrogen) atoms. The van der Waals surface area contributed by atoms with Gasteiger partial charge < -0.3 is 14.2 Å². The van der Waals surface area contributed by atoms with Crippen LogP contribution in [0, 0.1) is 0 Å². The van der Waals surface area contributed by atoms with Gasteiger partial charge in [-0.2, -0.15) is 0 Å². The Labute approximate surface area is 132 Å². The average molecular weight is 300 g/mol. The van der Waals surface area contributed by atoms with Gasteiger partial charge in [0.05, 0.1) is 6.61 Å². The first-order valence-electron chi connectivity index (χ1n) is 7.77. The van der Waals surface area contributed by atoms with Crippen molar-refractivity contribution in [2.75, 3.05) is 19.8 Å². The molecule has 2 rings (SSSR count). The topological polar surface area (TPSA) is 27.7 Å². The third-order valence-corrected chi connectivity index (χ3v) is 3.28. The van der Waals surface area contributed by atoms with Crippen molar-refractivity contribution in [2.45, 2.75) is 26.7 Å². The van der Waals surface area contributed by atoms with E-state index in [1.165, 1.54) is 5.56 Å². The monoisotopic (exact) mass is 300 g/mol. The van der Waals surface area contributed by atoms with Crippen LogP contribution in [0.3, 0.4) is 0 Å². The summed E-state index contributed by atoms with van der Waals surface area (Å²) in [6.45, 7) is 7.99. The molecule has 2 aromatic carbocycles. The quantitative estimate of drug-likeness (QED) is 0.663. The Morgan fingerprint density at radius 3 is 1.95 bits per heavy atom. The molecule has 0 atom stereocenters. The molecule has 0 saturated heterocycles. The Morgan fingerprint density at radius 2 is 1.36 bits per heavy atom. The fourth-order valence-corrected chi connectivity index (χ4v) is 2.09. The van der Waals surface area contributed by atoms with Crippen LogP contribution in [-0.4, -0.2) is 19.8 Å². The van der Waals surface area contributed by atoms with Gasteiger partial charge in [-0.15, -0.1) is 0 Å². The van der Waals surface area contributed by atoms with Crippen LogP contribution in [0.15, 0.2) is 48.5 Å². The lowest BCUT2D eigenvalue weighted by molar-refractivity contribution is 0.216. The van der Waals surface area contributed by atoms with Gasteiger partial charge in [0.25, 0.3) is 0 Å². The van der Waals surface area contributed by atoms with E-state index in [0.29, 0.717) is 25.7 Å². The molecule has 0 heterocycles. The van der Waals surface area contributed by atoms with Gasteiger partial charge in [0.2, 0.25) is 0 Å². The van der Waals surface area contributed by atoms with Crippen molar-refractivity contribution < 1.29 is 14.2 Å². The molecule has 3 nitrogen and oxygen atoms in total. The van der Waals surface area contributed by atoms with E-state index in [9.17, 15) is 0 Å². The zero-order valence-electron chi connectivity index (χ0n) is 13.5. The molecule has 0 radical (unpaired) electrons. The molecule has 0 aliphatic heterocycles. The second-order valence-electron chi connectivity index (χ2n) is 5.33. The molecule has 0 saturated carbocycles. The summed E-state index contributed by atoms with van der Waals surface area (Å²) in [7, 11) is 0. The van der Waals surface area contributed by atoms with Gasteiger partial charge in [-0.1, -0.05) is 32.0 Å². The minimum absolute atomic E-state index is 0.501. The maximum atomic E-state index is 5.68. The van der Waals surface area contributed by atoms with Crippen molar-refractivity contribution in [1.29, 1.82) is 0 Å². The molecule has 0 aliphatic rings. The molecule has 0 fully saturated rings. The standard InChI is InChI=1S/C19H24O3/c1-4-20-18-6-5-7-19(14-18)22-13-12-21-17-10-8-16(9-11-17)15(2)3/h5-11,14-15H,4,12-13H2,1-3H3.